The number of ether oxygens (including phenoxy) is 1. The van der Waals surface area contributed by atoms with Gasteiger partial charge in [-0.15, -0.1) is 0 Å². The number of hydrogen-bond acceptors (Lipinski definition) is 5. The molecule has 3 rings (SSSR count). The Morgan fingerprint density at radius 2 is 1.79 bits per heavy atom. The largest absolute Gasteiger partial charge is 0.444 e. The maximum atomic E-state index is 12.1. The van der Waals surface area contributed by atoms with Crippen LogP contribution < -0.4 is 10.2 Å². The number of rotatable bonds is 1. The van der Waals surface area contributed by atoms with Crippen LogP contribution in [0.4, 0.5) is 16.2 Å². The minimum absolute atomic E-state index is 0.326. The summed E-state index contributed by atoms with van der Waals surface area (Å²) in [5, 5.41) is 2.58. The monoisotopic (exact) mass is 331 g/mol. The second-order valence-electron chi connectivity index (χ2n) is 6.94. The van der Waals surface area contributed by atoms with Crippen molar-refractivity contribution in [1.29, 1.82) is 0 Å². The maximum Gasteiger partial charge on any atom is 0.410 e. The number of piperazine rings is 1. The van der Waals surface area contributed by atoms with E-state index in [2.05, 4.69) is 5.32 Å². The molecule has 2 aliphatic rings. The average molecular weight is 331 g/mol. The Labute approximate surface area is 140 Å². The van der Waals surface area contributed by atoms with Gasteiger partial charge in [-0.2, -0.15) is 0 Å². The van der Waals surface area contributed by atoms with Crippen LogP contribution in [0.1, 0.15) is 31.1 Å². The van der Waals surface area contributed by atoms with Gasteiger partial charge in [0.25, 0.3) is 11.7 Å². The third kappa shape index (κ3) is 3.06. The third-order valence-electron chi connectivity index (χ3n) is 4.00. The van der Waals surface area contributed by atoms with Crippen molar-refractivity contribution in [2.24, 2.45) is 0 Å². The van der Waals surface area contributed by atoms with E-state index in [4.69, 9.17) is 4.74 Å². The van der Waals surface area contributed by atoms with E-state index in [9.17, 15) is 14.4 Å². The van der Waals surface area contributed by atoms with Crippen molar-refractivity contribution in [2.45, 2.75) is 26.4 Å². The van der Waals surface area contributed by atoms with Crippen LogP contribution in [0.15, 0.2) is 18.2 Å². The fraction of sp³-hybridized carbons (Fsp3) is 0.471. The van der Waals surface area contributed by atoms with Crippen LogP contribution in [-0.2, 0) is 9.53 Å². The molecular weight excluding hydrogens is 310 g/mol. The predicted molar refractivity (Wildman–Crippen MR) is 89.4 cm³/mol. The van der Waals surface area contributed by atoms with Crippen LogP contribution in [-0.4, -0.2) is 54.5 Å². The van der Waals surface area contributed by atoms with Crippen LogP contribution >= 0.6 is 0 Å². The standard InChI is InChI=1S/C17H21N3O4/c1-17(2,3)24-16(23)20-9-7-19(8-10-20)12-6-4-5-11-13(12)14(21)15(22)18-11/h4-6H,7-10H2,1-3H3,(H,18,21,22). The van der Waals surface area contributed by atoms with Crippen molar-refractivity contribution in [3.63, 3.8) is 0 Å². The molecule has 128 valence electrons. The molecular formula is C17H21N3O4. The molecule has 1 N–H and O–H groups in total. The molecule has 0 aliphatic carbocycles. The minimum Gasteiger partial charge on any atom is -0.444 e. The quantitative estimate of drug-likeness (QED) is 0.795. The van der Waals surface area contributed by atoms with Crippen molar-refractivity contribution in [3.8, 4) is 0 Å². The molecule has 0 radical (unpaired) electrons. The molecule has 0 bridgehead atoms. The lowest BCUT2D eigenvalue weighted by molar-refractivity contribution is -0.112. The Bertz CT molecular complexity index is 700. The van der Waals surface area contributed by atoms with Crippen molar-refractivity contribution in [1.82, 2.24) is 4.90 Å². The Morgan fingerprint density at radius 1 is 1.12 bits per heavy atom. The minimum atomic E-state index is -0.593. The summed E-state index contributed by atoms with van der Waals surface area (Å²) in [6.07, 6.45) is -0.326. The molecule has 7 nitrogen and oxygen atoms in total. The summed E-state index contributed by atoms with van der Waals surface area (Å²) in [7, 11) is 0. The lowest BCUT2D eigenvalue weighted by atomic mass is 10.1. The summed E-state index contributed by atoms with van der Waals surface area (Å²) in [6, 6.07) is 5.37. The zero-order chi connectivity index (χ0) is 17.5. The van der Waals surface area contributed by atoms with Gasteiger partial charge in [-0.25, -0.2) is 4.79 Å². The van der Waals surface area contributed by atoms with Gasteiger partial charge in [0.05, 0.1) is 16.9 Å². The van der Waals surface area contributed by atoms with Crippen LogP contribution in [0, 0.1) is 0 Å². The number of Topliss-reactive ketones (excluding diaryl/α,β-unsaturated/α-hetero) is 1. The smallest absolute Gasteiger partial charge is 0.410 e. The summed E-state index contributed by atoms with van der Waals surface area (Å²) in [6.45, 7) is 7.69. The van der Waals surface area contributed by atoms with Crippen molar-refractivity contribution in [2.75, 3.05) is 36.4 Å². The van der Waals surface area contributed by atoms with Gasteiger partial charge in [0.1, 0.15) is 5.60 Å². The number of amides is 2. The normalized spacial score (nSPS) is 17.6. The molecule has 0 aromatic heterocycles. The molecule has 1 aromatic carbocycles. The number of anilines is 2. The van der Waals surface area contributed by atoms with E-state index in [1.165, 1.54) is 0 Å². The average Bonchev–Trinajstić information content (AvgIpc) is 2.81. The number of hydrogen-bond donors (Lipinski definition) is 1. The Balaban J connectivity index is 1.71. The fourth-order valence-electron chi connectivity index (χ4n) is 2.90. The van der Waals surface area contributed by atoms with Gasteiger partial charge in [0.2, 0.25) is 0 Å². The zero-order valence-corrected chi connectivity index (χ0v) is 14.1. The highest BCUT2D eigenvalue weighted by molar-refractivity contribution is 6.52. The summed E-state index contributed by atoms with van der Waals surface area (Å²) < 4.78 is 5.38. The third-order valence-corrected chi connectivity index (χ3v) is 4.00. The molecule has 2 amide bonds. The highest BCUT2D eigenvalue weighted by atomic mass is 16.6. The van der Waals surface area contributed by atoms with Gasteiger partial charge < -0.3 is 19.9 Å². The van der Waals surface area contributed by atoms with Crippen LogP contribution in [0.3, 0.4) is 0 Å². The number of fused-ring (bicyclic) bond motifs is 1. The molecule has 1 fully saturated rings. The lowest BCUT2D eigenvalue weighted by Gasteiger charge is -2.37. The number of nitrogens with zero attached hydrogens (tertiary/aromatic N) is 2. The van der Waals surface area contributed by atoms with Crippen LogP contribution in [0.25, 0.3) is 0 Å². The molecule has 0 spiro atoms. The summed E-state index contributed by atoms with van der Waals surface area (Å²) in [5.74, 6) is -1.10. The van der Waals surface area contributed by atoms with E-state index in [1.807, 2.05) is 37.8 Å². The molecule has 2 heterocycles. The maximum absolute atomic E-state index is 12.1. The van der Waals surface area contributed by atoms with E-state index in [-0.39, 0.29) is 6.09 Å². The Morgan fingerprint density at radius 3 is 2.42 bits per heavy atom. The summed E-state index contributed by atoms with van der Waals surface area (Å²) in [4.78, 5) is 39.5. The molecule has 0 saturated carbocycles. The fourth-order valence-corrected chi connectivity index (χ4v) is 2.90. The first-order chi connectivity index (χ1) is 11.3. The van der Waals surface area contributed by atoms with E-state index in [0.29, 0.717) is 37.4 Å². The lowest BCUT2D eigenvalue weighted by Crippen LogP contribution is -2.50. The molecule has 0 atom stereocenters. The number of benzene rings is 1. The number of carbonyl (C=O) groups is 3. The van der Waals surface area contributed by atoms with Gasteiger partial charge >= 0.3 is 6.09 Å². The first-order valence-corrected chi connectivity index (χ1v) is 7.98. The number of nitrogens with one attached hydrogen (secondary N) is 1. The highest BCUT2D eigenvalue weighted by Gasteiger charge is 2.33. The topological polar surface area (TPSA) is 79.0 Å². The van der Waals surface area contributed by atoms with Gasteiger partial charge in [-0.05, 0) is 32.9 Å². The molecule has 2 aliphatic heterocycles. The predicted octanol–water partition coefficient (Wildman–Crippen LogP) is 1.88. The van der Waals surface area contributed by atoms with E-state index in [0.717, 1.165) is 5.69 Å². The van der Waals surface area contributed by atoms with E-state index >= 15 is 0 Å². The molecule has 0 unspecified atom stereocenters. The Kier molecular flexibility index (Phi) is 3.95. The Hall–Kier alpha value is -2.57. The molecule has 7 heteroatoms. The summed E-state index contributed by atoms with van der Waals surface area (Å²) in [5.41, 5.74) is 1.19. The van der Waals surface area contributed by atoms with E-state index in [1.54, 1.807) is 11.0 Å². The number of carbonyl (C=O) groups excluding carboxylic acids is 3. The second-order valence-corrected chi connectivity index (χ2v) is 6.94. The van der Waals surface area contributed by atoms with Gasteiger partial charge in [0.15, 0.2) is 0 Å². The number of ketones is 1. The molecule has 1 saturated heterocycles. The SMILES string of the molecule is CC(C)(C)OC(=O)N1CCN(c2cccc3c2C(=O)C(=O)N3)CC1. The van der Waals surface area contributed by atoms with Crippen molar-refractivity contribution < 1.29 is 19.1 Å². The van der Waals surface area contributed by atoms with Crippen LogP contribution in [0.5, 0.6) is 0 Å². The first-order valence-electron chi connectivity index (χ1n) is 7.98. The second kappa shape index (κ2) is 5.81. The summed E-state index contributed by atoms with van der Waals surface area (Å²) >= 11 is 0. The van der Waals surface area contributed by atoms with Crippen LogP contribution in [0.2, 0.25) is 0 Å². The van der Waals surface area contributed by atoms with E-state index < -0.39 is 17.3 Å². The van der Waals surface area contributed by atoms with Gasteiger partial charge in [0, 0.05) is 26.2 Å². The molecule has 24 heavy (non-hydrogen) atoms. The van der Waals surface area contributed by atoms with Gasteiger partial charge in [-0.1, -0.05) is 6.07 Å². The van der Waals surface area contributed by atoms with Crippen molar-refractivity contribution >= 4 is 29.2 Å². The van der Waals surface area contributed by atoms with Crippen molar-refractivity contribution in [3.05, 3.63) is 23.8 Å². The molecule has 1 aromatic rings. The zero-order valence-electron chi connectivity index (χ0n) is 14.1. The van der Waals surface area contributed by atoms with Gasteiger partial charge in [-0.3, -0.25) is 9.59 Å². The highest BCUT2D eigenvalue weighted by Crippen LogP contribution is 2.32. The first kappa shape index (κ1) is 16.3.